The van der Waals surface area contributed by atoms with Crippen LogP contribution in [0.1, 0.15) is 10.4 Å². The molecule has 0 saturated heterocycles. The van der Waals surface area contributed by atoms with Crippen LogP contribution in [0, 0.1) is 0 Å². The number of likely N-dealkylation sites (N-methyl/N-ethyl adjacent to an activating group) is 1. The number of hydrogen-bond acceptors (Lipinski definition) is 3. The van der Waals surface area contributed by atoms with Gasteiger partial charge in [-0.3, -0.25) is 9.59 Å². The molecule has 0 aliphatic rings. The number of nitrogens with two attached hydrogens (primary N) is 2. The van der Waals surface area contributed by atoms with Crippen molar-refractivity contribution in [3.05, 3.63) is 28.8 Å². The Bertz CT molecular complexity index is 434. The number of hydrogen-bond donors (Lipinski definition) is 2. The lowest BCUT2D eigenvalue weighted by atomic mass is 10.2. The molecule has 0 unspecified atom stereocenters. The van der Waals surface area contributed by atoms with E-state index in [1.807, 2.05) is 0 Å². The number of nitrogen functional groups attached to an aromatic ring is 1. The van der Waals surface area contributed by atoms with Crippen molar-refractivity contribution in [1.82, 2.24) is 4.90 Å². The van der Waals surface area contributed by atoms with E-state index in [2.05, 4.69) is 0 Å². The number of carbonyl (C=O) groups is 2. The third-order valence-electron chi connectivity index (χ3n) is 1.98. The topological polar surface area (TPSA) is 89.4 Å². The molecule has 0 atom stereocenters. The van der Waals surface area contributed by atoms with Crippen LogP contribution in [-0.4, -0.2) is 30.3 Å². The van der Waals surface area contributed by atoms with E-state index in [9.17, 15) is 9.59 Å². The quantitative estimate of drug-likeness (QED) is 0.755. The van der Waals surface area contributed by atoms with Crippen LogP contribution in [-0.2, 0) is 4.79 Å². The van der Waals surface area contributed by atoms with Crippen molar-refractivity contribution in [3.63, 3.8) is 0 Å². The number of carbonyl (C=O) groups excluding carboxylic acids is 2. The normalized spacial score (nSPS) is 9.88. The van der Waals surface area contributed by atoms with Gasteiger partial charge in [-0.25, -0.2) is 0 Å². The number of primary amides is 1. The number of benzene rings is 1. The van der Waals surface area contributed by atoms with Crippen LogP contribution in [0.15, 0.2) is 18.2 Å². The second-order valence-electron chi connectivity index (χ2n) is 3.36. The summed E-state index contributed by atoms with van der Waals surface area (Å²) in [6.07, 6.45) is 0. The maximum Gasteiger partial charge on any atom is 0.254 e. The number of anilines is 1. The van der Waals surface area contributed by atoms with Gasteiger partial charge < -0.3 is 16.4 Å². The van der Waals surface area contributed by atoms with E-state index in [-0.39, 0.29) is 12.5 Å². The monoisotopic (exact) mass is 241 g/mol. The molecule has 1 rings (SSSR count). The summed E-state index contributed by atoms with van der Waals surface area (Å²) in [4.78, 5) is 23.6. The Balaban J connectivity index is 2.88. The van der Waals surface area contributed by atoms with E-state index in [4.69, 9.17) is 23.1 Å². The Morgan fingerprint density at radius 3 is 2.56 bits per heavy atom. The van der Waals surface area contributed by atoms with Crippen molar-refractivity contribution in [2.45, 2.75) is 0 Å². The van der Waals surface area contributed by atoms with Crippen LogP contribution in [0.3, 0.4) is 0 Å². The molecular formula is C10H12ClN3O2. The maximum absolute atomic E-state index is 11.8. The molecule has 6 heteroatoms. The lowest BCUT2D eigenvalue weighted by molar-refractivity contribution is -0.118. The van der Waals surface area contributed by atoms with Gasteiger partial charge in [-0.1, -0.05) is 11.6 Å². The largest absolute Gasteiger partial charge is 0.398 e. The van der Waals surface area contributed by atoms with Gasteiger partial charge in [-0.05, 0) is 18.2 Å². The Morgan fingerprint density at radius 2 is 2.06 bits per heavy atom. The highest BCUT2D eigenvalue weighted by Gasteiger charge is 2.14. The molecule has 0 radical (unpaired) electrons. The first-order valence-corrected chi connectivity index (χ1v) is 4.88. The van der Waals surface area contributed by atoms with Crippen LogP contribution in [0.4, 0.5) is 5.69 Å². The first-order valence-electron chi connectivity index (χ1n) is 4.50. The van der Waals surface area contributed by atoms with Crippen molar-refractivity contribution < 1.29 is 9.59 Å². The van der Waals surface area contributed by atoms with Gasteiger partial charge in [0.05, 0.1) is 17.3 Å². The minimum atomic E-state index is -0.571. The molecule has 86 valence electrons. The van der Waals surface area contributed by atoms with Crippen molar-refractivity contribution in [2.24, 2.45) is 5.73 Å². The van der Waals surface area contributed by atoms with Crippen LogP contribution in [0.25, 0.3) is 0 Å². The lowest BCUT2D eigenvalue weighted by Crippen LogP contribution is -2.35. The molecule has 0 spiro atoms. The SMILES string of the molecule is CN(CC(N)=O)C(=O)c1ccc(Cl)c(N)c1. The Morgan fingerprint density at radius 1 is 1.44 bits per heavy atom. The Hall–Kier alpha value is -1.75. The summed E-state index contributed by atoms with van der Waals surface area (Å²) in [7, 11) is 1.48. The molecule has 0 saturated carbocycles. The fourth-order valence-corrected chi connectivity index (χ4v) is 1.32. The average molecular weight is 242 g/mol. The van der Waals surface area contributed by atoms with Crippen molar-refractivity contribution >= 4 is 29.1 Å². The highest BCUT2D eigenvalue weighted by molar-refractivity contribution is 6.33. The molecule has 16 heavy (non-hydrogen) atoms. The summed E-state index contributed by atoms with van der Waals surface area (Å²) in [5, 5.41) is 0.383. The highest BCUT2D eigenvalue weighted by atomic mass is 35.5. The Kier molecular flexibility index (Phi) is 3.73. The minimum Gasteiger partial charge on any atom is -0.398 e. The predicted molar refractivity (Wildman–Crippen MR) is 62.0 cm³/mol. The fourth-order valence-electron chi connectivity index (χ4n) is 1.20. The van der Waals surface area contributed by atoms with Crippen LogP contribution < -0.4 is 11.5 Å². The summed E-state index contributed by atoms with van der Waals surface area (Å²) >= 11 is 5.73. The van der Waals surface area contributed by atoms with E-state index in [1.165, 1.54) is 24.1 Å². The fraction of sp³-hybridized carbons (Fsp3) is 0.200. The van der Waals surface area contributed by atoms with E-state index < -0.39 is 5.91 Å². The molecule has 5 nitrogen and oxygen atoms in total. The van der Waals surface area contributed by atoms with Crippen molar-refractivity contribution in [3.8, 4) is 0 Å². The molecule has 4 N–H and O–H groups in total. The standard InChI is InChI=1S/C10H12ClN3O2/c1-14(5-9(13)15)10(16)6-2-3-7(11)8(12)4-6/h2-4H,5,12H2,1H3,(H2,13,15). The van der Waals surface area contributed by atoms with Gasteiger partial charge in [-0.2, -0.15) is 0 Å². The third-order valence-corrected chi connectivity index (χ3v) is 2.33. The highest BCUT2D eigenvalue weighted by Crippen LogP contribution is 2.20. The smallest absolute Gasteiger partial charge is 0.254 e. The van der Waals surface area contributed by atoms with Crippen LogP contribution in [0.5, 0.6) is 0 Å². The average Bonchev–Trinajstić information content (AvgIpc) is 2.20. The van der Waals surface area contributed by atoms with Crippen molar-refractivity contribution in [1.29, 1.82) is 0 Å². The molecule has 0 aliphatic carbocycles. The third kappa shape index (κ3) is 2.87. The van der Waals surface area contributed by atoms with E-state index in [1.54, 1.807) is 6.07 Å². The number of amides is 2. The lowest BCUT2D eigenvalue weighted by Gasteiger charge is -2.15. The Labute approximate surface area is 98.0 Å². The number of halogens is 1. The van der Waals surface area contributed by atoms with Gasteiger partial charge in [0.25, 0.3) is 5.91 Å². The minimum absolute atomic E-state index is 0.138. The first-order chi connectivity index (χ1) is 7.41. The summed E-state index contributed by atoms with van der Waals surface area (Å²) in [5.74, 6) is -0.903. The summed E-state index contributed by atoms with van der Waals surface area (Å²) in [6, 6.07) is 4.53. The molecule has 2 amide bonds. The number of nitrogens with zero attached hydrogens (tertiary/aromatic N) is 1. The van der Waals surface area contributed by atoms with Gasteiger partial charge >= 0.3 is 0 Å². The zero-order chi connectivity index (χ0) is 12.3. The van der Waals surface area contributed by atoms with E-state index >= 15 is 0 Å². The summed E-state index contributed by atoms with van der Waals surface area (Å²) < 4.78 is 0. The summed E-state index contributed by atoms with van der Waals surface area (Å²) in [6.45, 7) is -0.138. The molecule has 0 aromatic heterocycles. The predicted octanol–water partition coefficient (Wildman–Crippen LogP) is 0.479. The maximum atomic E-state index is 11.8. The zero-order valence-corrected chi connectivity index (χ0v) is 9.49. The van der Waals surface area contributed by atoms with E-state index in [0.717, 1.165) is 0 Å². The molecule has 0 bridgehead atoms. The molecule has 0 heterocycles. The molecule has 1 aromatic carbocycles. The zero-order valence-electron chi connectivity index (χ0n) is 8.74. The first kappa shape index (κ1) is 12.3. The van der Waals surface area contributed by atoms with Gasteiger partial charge in [-0.15, -0.1) is 0 Å². The van der Waals surface area contributed by atoms with Gasteiger partial charge in [0.15, 0.2) is 0 Å². The van der Waals surface area contributed by atoms with Gasteiger partial charge in [0.1, 0.15) is 0 Å². The van der Waals surface area contributed by atoms with Crippen LogP contribution in [0.2, 0.25) is 5.02 Å². The molecule has 1 aromatic rings. The summed E-state index contributed by atoms with van der Waals surface area (Å²) in [5.41, 5.74) is 11.2. The molecular weight excluding hydrogens is 230 g/mol. The second-order valence-corrected chi connectivity index (χ2v) is 3.77. The molecule has 0 fully saturated rings. The molecule has 0 aliphatic heterocycles. The van der Waals surface area contributed by atoms with Crippen molar-refractivity contribution in [2.75, 3.05) is 19.3 Å². The van der Waals surface area contributed by atoms with E-state index in [0.29, 0.717) is 16.3 Å². The van der Waals surface area contributed by atoms with Crippen LogP contribution >= 0.6 is 11.6 Å². The van der Waals surface area contributed by atoms with Gasteiger partial charge in [0, 0.05) is 12.6 Å². The number of rotatable bonds is 3. The van der Waals surface area contributed by atoms with Gasteiger partial charge in [0.2, 0.25) is 5.91 Å². The second kappa shape index (κ2) is 4.85.